The molecule has 0 amide bonds. The molecule has 118 valence electrons. The van der Waals surface area contributed by atoms with Crippen LogP contribution in [0.2, 0.25) is 5.02 Å². The number of oxazole rings is 1. The Balaban J connectivity index is 1.67. The van der Waals surface area contributed by atoms with Crippen molar-refractivity contribution in [2.24, 2.45) is 17.6 Å². The molecule has 0 saturated carbocycles. The van der Waals surface area contributed by atoms with Gasteiger partial charge in [-0.2, -0.15) is 0 Å². The van der Waals surface area contributed by atoms with Crippen LogP contribution < -0.4 is 5.73 Å². The minimum Gasteiger partial charge on any atom is -0.439 e. The molecule has 5 heteroatoms. The lowest BCUT2D eigenvalue weighted by Crippen LogP contribution is -2.42. The maximum Gasteiger partial charge on any atom is 0.209 e. The predicted octanol–water partition coefficient (Wildman–Crippen LogP) is 3.41. The van der Waals surface area contributed by atoms with Gasteiger partial charge in [-0.25, -0.2) is 4.98 Å². The van der Waals surface area contributed by atoms with Gasteiger partial charge in [0.1, 0.15) is 0 Å². The van der Waals surface area contributed by atoms with Crippen molar-refractivity contribution in [2.45, 2.75) is 19.9 Å². The zero-order chi connectivity index (χ0) is 15.5. The van der Waals surface area contributed by atoms with E-state index in [9.17, 15) is 0 Å². The smallest absolute Gasteiger partial charge is 0.209 e. The van der Waals surface area contributed by atoms with Crippen LogP contribution in [-0.4, -0.2) is 29.5 Å². The number of likely N-dealkylation sites (tertiary alicyclic amines) is 1. The van der Waals surface area contributed by atoms with Crippen LogP contribution in [0.1, 0.15) is 19.2 Å². The fourth-order valence-electron chi connectivity index (χ4n) is 3.03. The second-order valence-electron chi connectivity index (χ2n) is 6.13. The van der Waals surface area contributed by atoms with Gasteiger partial charge in [-0.1, -0.05) is 30.7 Å². The summed E-state index contributed by atoms with van der Waals surface area (Å²) >= 11 is 6.02. The van der Waals surface area contributed by atoms with E-state index in [-0.39, 0.29) is 0 Å². The molecule has 2 N–H and O–H groups in total. The second-order valence-corrected chi connectivity index (χ2v) is 6.56. The quantitative estimate of drug-likeness (QED) is 0.938. The Morgan fingerprint density at radius 1 is 1.45 bits per heavy atom. The van der Waals surface area contributed by atoms with Gasteiger partial charge in [-0.15, -0.1) is 0 Å². The first kappa shape index (κ1) is 15.5. The van der Waals surface area contributed by atoms with E-state index < -0.39 is 0 Å². The van der Waals surface area contributed by atoms with Crippen molar-refractivity contribution >= 4 is 11.6 Å². The summed E-state index contributed by atoms with van der Waals surface area (Å²) in [5.41, 5.74) is 6.82. The Morgan fingerprint density at radius 3 is 3.09 bits per heavy atom. The first-order valence-corrected chi connectivity index (χ1v) is 8.16. The van der Waals surface area contributed by atoms with Gasteiger partial charge in [0, 0.05) is 17.1 Å². The third kappa shape index (κ3) is 3.51. The fraction of sp³-hybridized carbons (Fsp3) is 0.471. The number of halogens is 1. The monoisotopic (exact) mass is 319 g/mol. The molecule has 1 aliphatic rings. The van der Waals surface area contributed by atoms with Crippen LogP contribution in [-0.2, 0) is 6.54 Å². The van der Waals surface area contributed by atoms with E-state index in [0.717, 1.165) is 43.4 Å². The highest BCUT2D eigenvalue weighted by molar-refractivity contribution is 6.30. The van der Waals surface area contributed by atoms with Crippen molar-refractivity contribution in [3.05, 3.63) is 41.4 Å². The van der Waals surface area contributed by atoms with Crippen LogP contribution in [0, 0.1) is 11.8 Å². The highest BCUT2D eigenvalue weighted by Crippen LogP contribution is 2.26. The van der Waals surface area contributed by atoms with E-state index in [2.05, 4.69) is 16.8 Å². The number of hydrogen-bond donors (Lipinski definition) is 1. The molecule has 0 spiro atoms. The lowest BCUT2D eigenvalue weighted by atomic mass is 9.87. The summed E-state index contributed by atoms with van der Waals surface area (Å²) < 4.78 is 5.88. The SMILES string of the molecule is CC1CCN(Cc2ncc(-c3cccc(Cl)c3)o2)CC1CN. The van der Waals surface area contributed by atoms with Crippen molar-refractivity contribution in [2.75, 3.05) is 19.6 Å². The summed E-state index contributed by atoms with van der Waals surface area (Å²) in [6, 6.07) is 7.63. The fourth-order valence-corrected chi connectivity index (χ4v) is 3.22. The molecule has 2 aromatic rings. The van der Waals surface area contributed by atoms with Gasteiger partial charge in [-0.3, -0.25) is 4.90 Å². The van der Waals surface area contributed by atoms with Crippen molar-refractivity contribution in [1.29, 1.82) is 0 Å². The average Bonchev–Trinajstić information content (AvgIpc) is 2.98. The van der Waals surface area contributed by atoms with E-state index in [1.165, 1.54) is 6.42 Å². The molecule has 0 bridgehead atoms. The Morgan fingerprint density at radius 2 is 2.32 bits per heavy atom. The average molecular weight is 320 g/mol. The third-order valence-electron chi connectivity index (χ3n) is 4.52. The zero-order valence-electron chi connectivity index (χ0n) is 12.8. The molecule has 3 rings (SSSR count). The minimum absolute atomic E-state index is 0.566. The highest BCUT2D eigenvalue weighted by Gasteiger charge is 2.25. The van der Waals surface area contributed by atoms with Crippen LogP contribution in [0.15, 0.2) is 34.9 Å². The van der Waals surface area contributed by atoms with Crippen molar-refractivity contribution < 1.29 is 4.42 Å². The second kappa shape index (κ2) is 6.82. The molecule has 2 heterocycles. The molecule has 1 fully saturated rings. The zero-order valence-corrected chi connectivity index (χ0v) is 13.6. The number of nitrogens with two attached hydrogens (primary N) is 1. The van der Waals surface area contributed by atoms with Crippen LogP contribution in [0.4, 0.5) is 0 Å². The number of piperidine rings is 1. The van der Waals surface area contributed by atoms with E-state index in [1.807, 2.05) is 24.3 Å². The van der Waals surface area contributed by atoms with Crippen molar-refractivity contribution in [3.63, 3.8) is 0 Å². The van der Waals surface area contributed by atoms with Crippen molar-refractivity contribution in [3.8, 4) is 11.3 Å². The molecule has 1 saturated heterocycles. The number of benzene rings is 1. The normalized spacial score (nSPS) is 22.9. The Bertz CT molecular complexity index is 628. The molecule has 1 aliphatic heterocycles. The summed E-state index contributed by atoms with van der Waals surface area (Å²) in [4.78, 5) is 6.78. The first-order valence-electron chi connectivity index (χ1n) is 7.78. The Labute approximate surface area is 136 Å². The summed E-state index contributed by atoms with van der Waals surface area (Å²) in [5, 5.41) is 0.700. The molecular weight excluding hydrogens is 298 g/mol. The number of aromatic nitrogens is 1. The molecule has 22 heavy (non-hydrogen) atoms. The van der Waals surface area contributed by atoms with Crippen LogP contribution in [0.3, 0.4) is 0 Å². The van der Waals surface area contributed by atoms with Gasteiger partial charge in [0.15, 0.2) is 5.76 Å². The largest absolute Gasteiger partial charge is 0.439 e. The maximum absolute atomic E-state index is 6.02. The minimum atomic E-state index is 0.566. The number of nitrogens with zero attached hydrogens (tertiary/aromatic N) is 2. The first-order chi connectivity index (χ1) is 10.7. The Kier molecular flexibility index (Phi) is 4.81. The predicted molar refractivity (Wildman–Crippen MR) is 88.6 cm³/mol. The van der Waals surface area contributed by atoms with E-state index in [1.54, 1.807) is 6.20 Å². The number of hydrogen-bond acceptors (Lipinski definition) is 4. The lowest BCUT2D eigenvalue weighted by molar-refractivity contribution is 0.117. The molecule has 2 atom stereocenters. The Hall–Kier alpha value is -1.36. The van der Waals surface area contributed by atoms with Crippen LogP contribution in [0.5, 0.6) is 0 Å². The number of rotatable bonds is 4. The third-order valence-corrected chi connectivity index (χ3v) is 4.76. The van der Waals surface area contributed by atoms with Gasteiger partial charge in [0.05, 0.1) is 12.7 Å². The molecular formula is C17H22ClN3O. The maximum atomic E-state index is 6.02. The molecule has 4 nitrogen and oxygen atoms in total. The topological polar surface area (TPSA) is 55.3 Å². The van der Waals surface area contributed by atoms with Gasteiger partial charge < -0.3 is 10.2 Å². The molecule has 1 aromatic heterocycles. The van der Waals surface area contributed by atoms with Gasteiger partial charge in [0.2, 0.25) is 5.89 Å². The van der Waals surface area contributed by atoms with E-state index in [0.29, 0.717) is 16.9 Å². The van der Waals surface area contributed by atoms with Crippen LogP contribution >= 0.6 is 11.6 Å². The van der Waals surface area contributed by atoms with Gasteiger partial charge in [-0.05, 0) is 43.5 Å². The van der Waals surface area contributed by atoms with Crippen molar-refractivity contribution in [1.82, 2.24) is 9.88 Å². The van der Waals surface area contributed by atoms with E-state index in [4.69, 9.17) is 21.8 Å². The lowest BCUT2D eigenvalue weighted by Gasteiger charge is -2.35. The molecule has 0 aliphatic carbocycles. The molecule has 0 radical (unpaired) electrons. The van der Waals surface area contributed by atoms with E-state index >= 15 is 0 Å². The van der Waals surface area contributed by atoms with Crippen LogP contribution in [0.25, 0.3) is 11.3 Å². The summed E-state index contributed by atoms with van der Waals surface area (Å²) in [6.07, 6.45) is 2.96. The molecule has 1 aromatic carbocycles. The van der Waals surface area contributed by atoms with Gasteiger partial charge >= 0.3 is 0 Å². The molecule has 2 unspecified atom stereocenters. The standard InChI is InChI=1S/C17H22ClN3O/c1-12-5-6-21(10-14(12)8-19)11-17-20-9-16(22-17)13-3-2-4-15(18)7-13/h2-4,7,9,12,14H,5-6,8,10-11,19H2,1H3. The highest BCUT2D eigenvalue weighted by atomic mass is 35.5. The summed E-state index contributed by atoms with van der Waals surface area (Å²) in [6.45, 7) is 5.87. The summed E-state index contributed by atoms with van der Waals surface area (Å²) in [7, 11) is 0. The van der Waals surface area contributed by atoms with Gasteiger partial charge in [0.25, 0.3) is 0 Å². The summed E-state index contributed by atoms with van der Waals surface area (Å²) in [5.74, 6) is 2.78.